The average molecular weight is 211 g/mol. The Bertz CT molecular complexity index is 558. The Hall–Kier alpha value is -1.76. The average Bonchev–Trinajstić information content (AvgIpc) is 2.57. The molecule has 0 spiro atoms. The number of fused-ring (bicyclic) bond motifs is 1. The minimum Gasteiger partial charge on any atom is -0.350 e. The lowest BCUT2D eigenvalue weighted by Gasteiger charge is -2.04. The summed E-state index contributed by atoms with van der Waals surface area (Å²) in [6.45, 7) is 9.92. The molecular weight excluding hydrogens is 194 g/mol. The van der Waals surface area contributed by atoms with Crippen LogP contribution in [0.2, 0.25) is 0 Å². The van der Waals surface area contributed by atoms with Crippen LogP contribution >= 0.6 is 0 Å². The van der Waals surface area contributed by atoms with Gasteiger partial charge in [-0.15, -0.1) is 6.58 Å². The summed E-state index contributed by atoms with van der Waals surface area (Å²) in [7, 11) is 2.08. The second kappa shape index (κ2) is 4.01. The molecule has 0 aliphatic heterocycles. The maximum atomic E-state index is 4.05. The van der Waals surface area contributed by atoms with E-state index in [1.807, 2.05) is 6.08 Å². The highest BCUT2D eigenvalue weighted by Crippen LogP contribution is 2.28. The Labute approximate surface area is 96.7 Å². The number of hydrogen-bond donors (Lipinski definition) is 0. The normalized spacial score (nSPS) is 10.6. The van der Waals surface area contributed by atoms with Crippen LogP contribution < -0.4 is 0 Å². The molecule has 0 fully saturated rings. The Morgan fingerprint density at radius 2 is 2.19 bits per heavy atom. The molecule has 16 heavy (non-hydrogen) atoms. The van der Waals surface area contributed by atoms with E-state index in [1.54, 1.807) is 0 Å². The molecule has 0 saturated heterocycles. The number of benzene rings is 1. The van der Waals surface area contributed by atoms with Gasteiger partial charge >= 0.3 is 0 Å². The lowest BCUT2D eigenvalue weighted by atomic mass is 10.00. The van der Waals surface area contributed by atoms with E-state index in [2.05, 4.69) is 56.1 Å². The summed E-state index contributed by atoms with van der Waals surface area (Å²) in [5, 5.41) is 1.32. The summed E-state index contributed by atoms with van der Waals surface area (Å²) in [6.07, 6.45) is 5.03. The number of nitrogens with zero attached hydrogens (tertiary/aromatic N) is 1. The fourth-order valence-electron chi connectivity index (χ4n) is 2.21. The smallest absolute Gasteiger partial charge is 0.0486 e. The van der Waals surface area contributed by atoms with Gasteiger partial charge in [0.2, 0.25) is 0 Å². The highest BCUT2D eigenvalue weighted by Gasteiger charge is 2.09. The monoisotopic (exact) mass is 211 g/mol. The molecule has 1 aromatic carbocycles. The van der Waals surface area contributed by atoms with Crippen molar-refractivity contribution in [3.8, 4) is 0 Å². The van der Waals surface area contributed by atoms with Crippen LogP contribution in [0.1, 0.15) is 18.1 Å². The fourth-order valence-corrected chi connectivity index (χ4v) is 2.21. The van der Waals surface area contributed by atoms with E-state index >= 15 is 0 Å². The molecule has 82 valence electrons. The first-order valence-corrected chi connectivity index (χ1v) is 5.49. The maximum Gasteiger partial charge on any atom is 0.0486 e. The van der Waals surface area contributed by atoms with Crippen molar-refractivity contribution in [1.82, 2.24) is 4.57 Å². The van der Waals surface area contributed by atoms with E-state index in [4.69, 9.17) is 0 Å². The van der Waals surface area contributed by atoms with Gasteiger partial charge in [-0.2, -0.15) is 0 Å². The predicted molar refractivity (Wildman–Crippen MR) is 71.5 cm³/mol. The van der Waals surface area contributed by atoms with Gasteiger partial charge in [0.05, 0.1) is 0 Å². The van der Waals surface area contributed by atoms with Gasteiger partial charge < -0.3 is 4.57 Å². The van der Waals surface area contributed by atoms with Crippen molar-refractivity contribution in [2.24, 2.45) is 7.05 Å². The minimum atomic E-state index is 0.904. The molecule has 2 aromatic rings. The van der Waals surface area contributed by atoms with Crippen LogP contribution in [-0.2, 0) is 13.5 Å². The van der Waals surface area contributed by atoms with E-state index in [-0.39, 0.29) is 0 Å². The molecule has 0 radical (unpaired) electrons. The Morgan fingerprint density at radius 3 is 2.81 bits per heavy atom. The van der Waals surface area contributed by atoms with E-state index < -0.39 is 0 Å². The van der Waals surface area contributed by atoms with Crippen LogP contribution in [0.3, 0.4) is 0 Å². The second-order valence-electron chi connectivity index (χ2n) is 4.24. The van der Waals surface area contributed by atoms with Crippen LogP contribution in [0.5, 0.6) is 0 Å². The van der Waals surface area contributed by atoms with Crippen LogP contribution in [0.25, 0.3) is 16.5 Å². The molecular formula is C15H17N. The van der Waals surface area contributed by atoms with Crippen molar-refractivity contribution in [3.63, 3.8) is 0 Å². The third kappa shape index (κ3) is 1.58. The molecule has 0 unspecified atom stereocenters. The second-order valence-corrected chi connectivity index (χ2v) is 4.24. The summed E-state index contributed by atoms with van der Waals surface area (Å²) in [4.78, 5) is 0. The number of allylic oxidation sites excluding steroid dienone is 2. The molecule has 0 bridgehead atoms. The molecule has 0 atom stereocenters. The van der Waals surface area contributed by atoms with Gasteiger partial charge in [0, 0.05) is 24.1 Å². The topological polar surface area (TPSA) is 4.93 Å². The molecule has 0 N–H and O–H groups in total. The quantitative estimate of drug-likeness (QED) is 0.678. The van der Waals surface area contributed by atoms with Crippen molar-refractivity contribution in [1.29, 1.82) is 0 Å². The van der Waals surface area contributed by atoms with Crippen molar-refractivity contribution in [2.45, 2.75) is 13.3 Å². The Morgan fingerprint density at radius 1 is 1.44 bits per heavy atom. The summed E-state index contributed by atoms with van der Waals surface area (Å²) >= 11 is 0. The highest BCUT2D eigenvalue weighted by molar-refractivity contribution is 5.94. The van der Waals surface area contributed by atoms with Gasteiger partial charge in [0.1, 0.15) is 0 Å². The first-order chi connectivity index (χ1) is 7.65. The van der Waals surface area contributed by atoms with E-state index in [1.165, 1.54) is 22.0 Å². The summed E-state index contributed by atoms with van der Waals surface area (Å²) in [5.41, 5.74) is 4.94. The molecule has 0 aliphatic rings. The summed E-state index contributed by atoms with van der Waals surface area (Å²) in [6, 6.07) is 6.37. The standard InChI is InChI=1S/C15H17N/c1-5-7-12-10-16(4)14-9-6-8-13(11(2)3)15(12)14/h5-6,8-10H,1-2,7H2,3-4H3. The van der Waals surface area contributed by atoms with Crippen LogP contribution in [-0.4, -0.2) is 4.57 Å². The Balaban J connectivity index is 2.82. The third-order valence-corrected chi connectivity index (χ3v) is 2.92. The van der Waals surface area contributed by atoms with Crippen LogP contribution in [0.4, 0.5) is 0 Å². The first-order valence-electron chi connectivity index (χ1n) is 5.49. The summed E-state index contributed by atoms with van der Waals surface area (Å²) < 4.78 is 2.17. The zero-order valence-electron chi connectivity index (χ0n) is 9.96. The van der Waals surface area contributed by atoms with E-state index in [9.17, 15) is 0 Å². The largest absolute Gasteiger partial charge is 0.350 e. The number of hydrogen-bond acceptors (Lipinski definition) is 0. The van der Waals surface area contributed by atoms with Crippen LogP contribution in [0, 0.1) is 0 Å². The van der Waals surface area contributed by atoms with Crippen molar-refractivity contribution >= 4 is 16.5 Å². The van der Waals surface area contributed by atoms with Crippen molar-refractivity contribution in [3.05, 3.63) is 54.8 Å². The fraction of sp³-hybridized carbons (Fsp3) is 0.200. The van der Waals surface area contributed by atoms with Gasteiger partial charge in [-0.3, -0.25) is 0 Å². The van der Waals surface area contributed by atoms with Crippen molar-refractivity contribution in [2.75, 3.05) is 0 Å². The SMILES string of the molecule is C=CCc1cn(C)c2cccc(C(=C)C)c12. The van der Waals surface area contributed by atoms with Gasteiger partial charge in [0.15, 0.2) is 0 Å². The molecule has 0 amide bonds. The molecule has 0 saturated carbocycles. The zero-order chi connectivity index (χ0) is 11.7. The first kappa shape index (κ1) is 10.7. The molecule has 2 rings (SSSR count). The van der Waals surface area contributed by atoms with Gasteiger partial charge in [-0.25, -0.2) is 0 Å². The third-order valence-electron chi connectivity index (χ3n) is 2.92. The van der Waals surface area contributed by atoms with E-state index in [0.717, 1.165) is 12.0 Å². The summed E-state index contributed by atoms with van der Waals surface area (Å²) in [5.74, 6) is 0. The van der Waals surface area contributed by atoms with Gasteiger partial charge in [-0.1, -0.05) is 30.4 Å². The molecule has 1 aromatic heterocycles. The number of aryl methyl sites for hydroxylation is 1. The predicted octanol–water partition coefficient (Wildman–Crippen LogP) is 3.94. The Kier molecular flexibility index (Phi) is 2.69. The molecule has 0 aliphatic carbocycles. The molecule has 1 heterocycles. The van der Waals surface area contributed by atoms with Crippen molar-refractivity contribution < 1.29 is 0 Å². The van der Waals surface area contributed by atoms with E-state index in [0.29, 0.717) is 0 Å². The maximum absolute atomic E-state index is 4.05. The minimum absolute atomic E-state index is 0.904. The molecule has 1 heteroatoms. The molecule has 1 nitrogen and oxygen atoms in total. The lowest BCUT2D eigenvalue weighted by molar-refractivity contribution is 0.960. The zero-order valence-corrected chi connectivity index (χ0v) is 9.96. The van der Waals surface area contributed by atoms with Crippen LogP contribution in [0.15, 0.2) is 43.6 Å². The highest BCUT2D eigenvalue weighted by atomic mass is 14.9. The van der Waals surface area contributed by atoms with Gasteiger partial charge in [-0.05, 0) is 30.5 Å². The number of rotatable bonds is 3. The number of aromatic nitrogens is 1. The lowest BCUT2D eigenvalue weighted by Crippen LogP contribution is -1.85. The van der Waals surface area contributed by atoms with Gasteiger partial charge in [0.25, 0.3) is 0 Å².